The molecule has 0 spiro atoms. The van der Waals surface area contributed by atoms with E-state index in [1.54, 1.807) is 17.1 Å². The standard InChI is InChI=1S/C11H16N4O/c1-12-5-3-4-11-13-7-10(16-11)9-6-14-15(2)8-9/h6-8,12H,3-5H2,1-2H3. The van der Waals surface area contributed by atoms with Crippen molar-refractivity contribution in [2.24, 2.45) is 7.05 Å². The number of aromatic nitrogens is 3. The van der Waals surface area contributed by atoms with Gasteiger partial charge >= 0.3 is 0 Å². The molecule has 0 atom stereocenters. The molecule has 16 heavy (non-hydrogen) atoms. The van der Waals surface area contributed by atoms with Gasteiger partial charge in [0, 0.05) is 19.7 Å². The normalized spacial score (nSPS) is 10.9. The third-order valence-electron chi connectivity index (χ3n) is 2.36. The van der Waals surface area contributed by atoms with Crippen LogP contribution in [0.25, 0.3) is 11.3 Å². The van der Waals surface area contributed by atoms with Gasteiger partial charge in [0.05, 0.1) is 18.0 Å². The van der Waals surface area contributed by atoms with Gasteiger partial charge < -0.3 is 9.73 Å². The highest BCUT2D eigenvalue weighted by atomic mass is 16.4. The Labute approximate surface area is 94.5 Å². The summed E-state index contributed by atoms with van der Waals surface area (Å²) in [5.41, 5.74) is 0.967. The van der Waals surface area contributed by atoms with E-state index in [0.29, 0.717) is 0 Å². The van der Waals surface area contributed by atoms with Crippen LogP contribution in [0, 0.1) is 0 Å². The molecule has 0 aliphatic carbocycles. The van der Waals surface area contributed by atoms with Gasteiger partial charge in [0.15, 0.2) is 11.7 Å². The van der Waals surface area contributed by atoms with Crippen molar-refractivity contribution in [1.29, 1.82) is 0 Å². The number of aryl methyl sites for hydroxylation is 2. The monoisotopic (exact) mass is 220 g/mol. The number of hydrogen-bond acceptors (Lipinski definition) is 4. The number of nitrogens with one attached hydrogen (secondary N) is 1. The van der Waals surface area contributed by atoms with Crippen LogP contribution in [0.5, 0.6) is 0 Å². The Hall–Kier alpha value is -1.62. The molecule has 2 heterocycles. The van der Waals surface area contributed by atoms with Gasteiger partial charge in [-0.05, 0) is 20.0 Å². The van der Waals surface area contributed by atoms with Crippen LogP contribution in [0.1, 0.15) is 12.3 Å². The second kappa shape index (κ2) is 4.94. The highest BCUT2D eigenvalue weighted by Crippen LogP contribution is 2.19. The predicted octanol–water partition coefficient (Wildman–Crippen LogP) is 1.23. The molecule has 2 rings (SSSR count). The van der Waals surface area contributed by atoms with Gasteiger partial charge in [-0.1, -0.05) is 0 Å². The zero-order valence-corrected chi connectivity index (χ0v) is 9.60. The summed E-state index contributed by atoms with van der Waals surface area (Å²) < 4.78 is 7.39. The molecule has 5 nitrogen and oxygen atoms in total. The fourth-order valence-electron chi connectivity index (χ4n) is 1.52. The number of oxazole rings is 1. The van der Waals surface area contributed by atoms with Gasteiger partial charge in [-0.25, -0.2) is 4.98 Å². The van der Waals surface area contributed by atoms with Crippen molar-refractivity contribution in [3.05, 3.63) is 24.5 Å². The Morgan fingerprint density at radius 1 is 1.44 bits per heavy atom. The summed E-state index contributed by atoms with van der Waals surface area (Å²) in [6, 6.07) is 0. The lowest BCUT2D eigenvalue weighted by Crippen LogP contribution is -2.08. The van der Waals surface area contributed by atoms with E-state index in [-0.39, 0.29) is 0 Å². The first-order chi connectivity index (χ1) is 7.79. The van der Waals surface area contributed by atoms with Crippen LogP contribution in [0.15, 0.2) is 23.0 Å². The minimum absolute atomic E-state index is 0.785. The SMILES string of the molecule is CNCCCc1ncc(-c2cnn(C)c2)o1. The molecule has 86 valence electrons. The van der Waals surface area contributed by atoms with E-state index in [4.69, 9.17) is 4.42 Å². The quantitative estimate of drug-likeness (QED) is 0.770. The molecule has 0 amide bonds. The zero-order chi connectivity index (χ0) is 11.4. The molecule has 0 aromatic carbocycles. The highest BCUT2D eigenvalue weighted by Gasteiger charge is 2.07. The fraction of sp³-hybridized carbons (Fsp3) is 0.455. The number of nitrogens with zero attached hydrogens (tertiary/aromatic N) is 3. The minimum atomic E-state index is 0.785. The molecule has 0 saturated carbocycles. The molecule has 0 fully saturated rings. The van der Waals surface area contributed by atoms with Crippen molar-refractivity contribution in [1.82, 2.24) is 20.1 Å². The maximum atomic E-state index is 5.64. The van der Waals surface area contributed by atoms with Crippen LogP contribution >= 0.6 is 0 Å². The summed E-state index contributed by atoms with van der Waals surface area (Å²) in [5, 5.41) is 7.19. The van der Waals surface area contributed by atoms with Crippen LogP contribution in [0.2, 0.25) is 0 Å². The Morgan fingerprint density at radius 2 is 2.31 bits per heavy atom. The molecule has 0 bridgehead atoms. The van der Waals surface area contributed by atoms with Crippen molar-refractivity contribution >= 4 is 0 Å². The maximum absolute atomic E-state index is 5.64. The molecule has 2 aromatic heterocycles. The first kappa shape index (κ1) is 10.9. The maximum Gasteiger partial charge on any atom is 0.194 e. The predicted molar refractivity (Wildman–Crippen MR) is 61.0 cm³/mol. The van der Waals surface area contributed by atoms with Crippen molar-refractivity contribution in [2.75, 3.05) is 13.6 Å². The van der Waals surface area contributed by atoms with Gasteiger partial charge in [0.2, 0.25) is 0 Å². The lowest BCUT2D eigenvalue weighted by atomic mass is 10.3. The van der Waals surface area contributed by atoms with Gasteiger partial charge in [0.1, 0.15) is 0 Å². The lowest BCUT2D eigenvalue weighted by Gasteiger charge is -1.95. The first-order valence-electron chi connectivity index (χ1n) is 5.38. The molecule has 0 aliphatic rings. The molecule has 0 unspecified atom stereocenters. The summed E-state index contributed by atoms with van der Waals surface area (Å²) >= 11 is 0. The second-order valence-corrected chi connectivity index (χ2v) is 3.73. The van der Waals surface area contributed by atoms with Gasteiger partial charge in [0.25, 0.3) is 0 Å². The molecule has 0 radical (unpaired) electrons. The van der Waals surface area contributed by atoms with E-state index in [9.17, 15) is 0 Å². The van der Waals surface area contributed by atoms with E-state index < -0.39 is 0 Å². The smallest absolute Gasteiger partial charge is 0.194 e. The summed E-state index contributed by atoms with van der Waals surface area (Å²) in [7, 11) is 3.82. The van der Waals surface area contributed by atoms with Crippen LogP contribution in [0.4, 0.5) is 0 Å². The lowest BCUT2D eigenvalue weighted by molar-refractivity contribution is 0.495. The topological polar surface area (TPSA) is 55.9 Å². The fourth-order valence-corrected chi connectivity index (χ4v) is 1.52. The molecular formula is C11H16N4O. The molecular weight excluding hydrogens is 204 g/mol. The van der Waals surface area contributed by atoms with Crippen LogP contribution < -0.4 is 5.32 Å². The van der Waals surface area contributed by atoms with Gasteiger partial charge in [-0.2, -0.15) is 5.10 Å². The highest BCUT2D eigenvalue weighted by molar-refractivity contribution is 5.53. The summed E-state index contributed by atoms with van der Waals surface area (Å²) in [5.74, 6) is 1.57. The molecule has 1 N–H and O–H groups in total. The van der Waals surface area contributed by atoms with Crippen molar-refractivity contribution < 1.29 is 4.42 Å². The third kappa shape index (κ3) is 2.49. The number of hydrogen-bond donors (Lipinski definition) is 1. The van der Waals surface area contributed by atoms with E-state index in [2.05, 4.69) is 15.4 Å². The van der Waals surface area contributed by atoms with Crippen molar-refractivity contribution in [2.45, 2.75) is 12.8 Å². The molecule has 5 heteroatoms. The molecule has 0 aliphatic heterocycles. The van der Waals surface area contributed by atoms with Gasteiger partial charge in [-0.15, -0.1) is 0 Å². The third-order valence-corrected chi connectivity index (χ3v) is 2.36. The van der Waals surface area contributed by atoms with Crippen molar-refractivity contribution in [3.63, 3.8) is 0 Å². The summed E-state index contributed by atoms with van der Waals surface area (Å²) in [6.45, 7) is 0.977. The Balaban J connectivity index is 2.02. The summed E-state index contributed by atoms with van der Waals surface area (Å²) in [6.07, 6.45) is 7.34. The first-order valence-corrected chi connectivity index (χ1v) is 5.38. The average Bonchev–Trinajstić information content (AvgIpc) is 2.87. The van der Waals surface area contributed by atoms with E-state index in [1.165, 1.54) is 0 Å². The van der Waals surface area contributed by atoms with Crippen molar-refractivity contribution in [3.8, 4) is 11.3 Å². The summed E-state index contributed by atoms with van der Waals surface area (Å²) in [4.78, 5) is 4.24. The Morgan fingerprint density at radius 3 is 3.00 bits per heavy atom. The molecule has 2 aromatic rings. The van der Waals surface area contributed by atoms with Crippen LogP contribution in [0.3, 0.4) is 0 Å². The van der Waals surface area contributed by atoms with Crippen LogP contribution in [-0.2, 0) is 13.5 Å². The number of rotatable bonds is 5. The Kier molecular flexibility index (Phi) is 3.36. The van der Waals surface area contributed by atoms with E-state index in [0.717, 1.165) is 36.6 Å². The van der Waals surface area contributed by atoms with E-state index in [1.807, 2.05) is 20.3 Å². The molecule has 0 saturated heterocycles. The zero-order valence-electron chi connectivity index (χ0n) is 9.60. The Bertz CT molecular complexity index is 446. The van der Waals surface area contributed by atoms with Gasteiger partial charge in [-0.3, -0.25) is 4.68 Å². The second-order valence-electron chi connectivity index (χ2n) is 3.73. The van der Waals surface area contributed by atoms with Crippen LogP contribution in [-0.4, -0.2) is 28.4 Å². The average molecular weight is 220 g/mol. The van der Waals surface area contributed by atoms with E-state index >= 15 is 0 Å². The largest absolute Gasteiger partial charge is 0.441 e. The minimum Gasteiger partial charge on any atom is -0.441 e.